The van der Waals surface area contributed by atoms with Gasteiger partial charge in [0.1, 0.15) is 12.2 Å². The molecule has 168 valence electrons. The highest BCUT2D eigenvalue weighted by atomic mass is 19.3. The Bertz CT molecular complexity index is 1130. The van der Waals surface area contributed by atoms with Gasteiger partial charge in [0.25, 0.3) is 12.3 Å². The Labute approximate surface area is 183 Å². The van der Waals surface area contributed by atoms with Crippen molar-refractivity contribution in [3.63, 3.8) is 0 Å². The lowest BCUT2D eigenvalue weighted by molar-refractivity contribution is -0.136. The quantitative estimate of drug-likeness (QED) is 0.582. The first-order valence-corrected chi connectivity index (χ1v) is 10.6. The van der Waals surface area contributed by atoms with Crippen LogP contribution in [0.3, 0.4) is 0 Å². The van der Waals surface area contributed by atoms with E-state index < -0.39 is 6.43 Å². The Balaban J connectivity index is 1.41. The zero-order chi connectivity index (χ0) is 22.3. The fourth-order valence-electron chi connectivity index (χ4n) is 4.25. The molecule has 3 heterocycles. The second-order valence-corrected chi connectivity index (χ2v) is 8.23. The number of carbonyl (C=O) groups excluding carboxylic acids is 1. The third kappa shape index (κ3) is 3.68. The summed E-state index contributed by atoms with van der Waals surface area (Å²) in [6.07, 6.45) is -1.01. The molecule has 1 aliphatic heterocycles. The summed E-state index contributed by atoms with van der Waals surface area (Å²) in [6.45, 7) is 3.50. The summed E-state index contributed by atoms with van der Waals surface area (Å²) in [6, 6.07) is 9.26. The number of hydrogen-bond donors (Lipinski definition) is 0. The maximum Gasteiger partial charge on any atom is 0.280 e. The van der Waals surface area contributed by atoms with E-state index in [9.17, 15) is 13.6 Å². The van der Waals surface area contributed by atoms with Gasteiger partial charge in [-0.25, -0.2) is 8.78 Å². The highest BCUT2D eigenvalue weighted by molar-refractivity contribution is 5.76. The van der Waals surface area contributed by atoms with Gasteiger partial charge in [-0.2, -0.15) is 10.1 Å². The van der Waals surface area contributed by atoms with Crippen molar-refractivity contribution in [3.05, 3.63) is 53.0 Å². The van der Waals surface area contributed by atoms with Crippen LogP contribution in [-0.4, -0.2) is 57.0 Å². The monoisotopic (exact) mass is 443 g/mol. The van der Waals surface area contributed by atoms with E-state index >= 15 is 0 Å². The van der Waals surface area contributed by atoms with E-state index in [-0.39, 0.29) is 35.1 Å². The third-order valence-corrected chi connectivity index (χ3v) is 6.17. The van der Waals surface area contributed by atoms with Crippen molar-refractivity contribution in [2.45, 2.75) is 38.2 Å². The van der Waals surface area contributed by atoms with E-state index in [2.05, 4.69) is 21.3 Å². The second kappa shape index (κ2) is 8.09. The van der Waals surface area contributed by atoms with E-state index in [1.807, 2.05) is 25.1 Å². The molecule has 0 spiro atoms. The lowest BCUT2D eigenvalue weighted by Crippen LogP contribution is -2.42. The largest absolute Gasteiger partial charge is 0.378 e. The molecule has 2 aliphatic rings. The molecule has 5 rings (SSSR count). The zero-order valence-electron chi connectivity index (χ0n) is 17.6. The molecule has 0 N–H and O–H groups in total. The number of halogens is 2. The first kappa shape index (κ1) is 20.7. The molecule has 0 radical (unpaired) electrons. The van der Waals surface area contributed by atoms with Crippen LogP contribution >= 0.6 is 0 Å². The van der Waals surface area contributed by atoms with Crippen molar-refractivity contribution in [3.8, 4) is 11.6 Å². The minimum absolute atomic E-state index is 0.0688. The van der Waals surface area contributed by atoms with Gasteiger partial charge in [-0.05, 0) is 37.0 Å². The standard InChI is InChI=1S/C22H23F2N5O3/c1-14-4-2-3-5-15(14)22(6-7-22)21-25-20(32-27-21)16-12-17(19(23)24)29(26-16)13-18(30)28-8-10-31-11-9-28/h2-5,12,19H,6-11,13H2,1H3. The van der Waals surface area contributed by atoms with Crippen molar-refractivity contribution < 1.29 is 22.8 Å². The molecule has 1 saturated heterocycles. The highest BCUT2D eigenvalue weighted by Gasteiger charge is 2.50. The molecular weight excluding hydrogens is 420 g/mol. The molecule has 0 unspecified atom stereocenters. The summed E-state index contributed by atoms with van der Waals surface area (Å²) in [5, 5.41) is 8.35. The summed E-state index contributed by atoms with van der Waals surface area (Å²) < 4.78 is 39.0. The van der Waals surface area contributed by atoms with Crippen LogP contribution < -0.4 is 0 Å². The number of aromatic nitrogens is 4. The van der Waals surface area contributed by atoms with Crippen molar-refractivity contribution in [1.29, 1.82) is 0 Å². The van der Waals surface area contributed by atoms with Crippen molar-refractivity contribution in [1.82, 2.24) is 24.8 Å². The maximum atomic E-state index is 13.6. The van der Waals surface area contributed by atoms with Gasteiger partial charge < -0.3 is 14.2 Å². The fourth-order valence-corrected chi connectivity index (χ4v) is 4.25. The number of hydrogen-bond acceptors (Lipinski definition) is 6. The van der Waals surface area contributed by atoms with E-state index in [0.29, 0.717) is 32.1 Å². The number of ether oxygens (including phenoxy) is 1. The van der Waals surface area contributed by atoms with Gasteiger partial charge in [0.2, 0.25) is 5.91 Å². The Kier molecular flexibility index (Phi) is 5.24. The van der Waals surface area contributed by atoms with E-state index in [0.717, 1.165) is 28.7 Å². The molecule has 10 heteroatoms. The van der Waals surface area contributed by atoms with Crippen LogP contribution in [0.15, 0.2) is 34.9 Å². The first-order chi connectivity index (χ1) is 15.5. The third-order valence-electron chi connectivity index (χ3n) is 6.17. The van der Waals surface area contributed by atoms with E-state index in [4.69, 9.17) is 9.26 Å². The average Bonchev–Trinajstić information content (AvgIpc) is 3.24. The lowest BCUT2D eigenvalue weighted by atomic mass is 9.91. The second-order valence-electron chi connectivity index (χ2n) is 8.23. The molecule has 3 aromatic rings. The van der Waals surface area contributed by atoms with Crippen LogP contribution in [0.4, 0.5) is 8.78 Å². The minimum atomic E-state index is -2.79. The molecule has 1 aromatic carbocycles. The normalized spacial score (nSPS) is 17.7. The van der Waals surface area contributed by atoms with Crippen LogP contribution in [0.25, 0.3) is 11.6 Å². The topological polar surface area (TPSA) is 86.3 Å². The van der Waals surface area contributed by atoms with E-state index in [1.54, 1.807) is 4.90 Å². The number of aryl methyl sites for hydroxylation is 1. The molecule has 2 aromatic heterocycles. The van der Waals surface area contributed by atoms with Crippen molar-refractivity contribution in [2.75, 3.05) is 26.3 Å². The summed E-state index contributed by atoms with van der Waals surface area (Å²) in [4.78, 5) is 18.6. The summed E-state index contributed by atoms with van der Waals surface area (Å²) in [5.74, 6) is 0.311. The zero-order valence-corrected chi connectivity index (χ0v) is 17.6. The number of benzene rings is 1. The van der Waals surface area contributed by atoms with E-state index in [1.165, 1.54) is 6.07 Å². The van der Waals surface area contributed by atoms with Crippen molar-refractivity contribution in [2.24, 2.45) is 0 Å². The van der Waals surface area contributed by atoms with Gasteiger partial charge in [0.15, 0.2) is 11.5 Å². The van der Waals surface area contributed by atoms with Crippen molar-refractivity contribution >= 4 is 5.91 Å². The van der Waals surface area contributed by atoms with Gasteiger partial charge in [-0.3, -0.25) is 9.48 Å². The Morgan fingerprint density at radius 2 is 1.97 bits per heavy atom. The Morgan fingerprint density at radius 3 is 2.66 bits per heavy atom. The molecule has 32 heavy (non-hydrogen) atoms. The van der Waals surface area contributed by atoms with Crippen LogP contribution in [0.2, 0.25) is 0 Å². The minimum Gasteiger partial charge on any atom is -0.378 e. The number of morpholine rings is 1. The SMILES string of the molecule is Cc1ccccc1C1(c2noc(-c3cc(C(F)F)n(CC(=O)N4CCOCC4)n3)n2)CC1. The highest BCUT2D eigenvalue weighted by Crippen LogP contribution is 2.53. The predicted octanol–water partition coefficient (Wildman–Crippen LogP) is 3.12. The predicted molar refractivity (Wildman–Crippen MR) is 109 cm³/mol. The van der Waals surface area contributed by atoms with Gasteiger partial charge in [-0.15, -0.1) is 0 Å². The maximum absolute atomic E-state index is 13.6. The number of carbonyl (C=O) groups is 1. The summed E-state index contributed by atoms with van der Waals surface area (Å²) in [7, 11) is 0. The van der Waals surface area contributed by atoms with Crippen LogP contribution in [-0.2, 0) is 21.5 Å². The first-order valence-electron chi connectivity index (χ1n) is 10.6. The van der Waals surface area contributed by atoms with Gasteiger partial charge in [0, 0.05) is 13.1 Å². The van der Waals surface area contributed by atoms with Crippen LogP contribution in [0.5, 0.6) is 0 Å². The van der Waals surface area contributed by atoms with Crippen LogP contribution in [0, 0.1) is 6.92 Å². The number of amides is 1. The molecule has 8 nitrogen and oxygen atoms in total. The molecule has 2 fully saturated rings. The van der Waals surface area contributed by atoms with Gasteiger partial charge >= 0.3 is 0 Å². The molecule has 0 atom stereocenters. The molecule has 1 saturated carbocycles. The lowest BCUT2D eigenvalue weighted by Gasteiger charge is -2.27. The number of rotatable bonds is 6. The molecule has 1 amide bonds. The summed E-state index contributed by atoms with van der Waals surface area (Å²) >= 11 is 0. The average molecular weight is 443 g/mol. The summed E-state index contributed by atoms with van der Waals surface area (Å²) in [5.41, 5.74) is 1.74. The fraction of sp³-hybridized carbons (Fsp3) is 0.455. The Morgan fingerprint density at radius 1 is 1.22 bits per heavy atom. The molecular formula is C22H23F2N5O3. The smallest absolute Gasteiger partial charge is 0.280 e. The number of alkyl halides is 2. The van der Waals surface area contributed by atoms with Gasteiger partial charge in [-0.1, -0.05) is 29.4 Å². The number of nitrogens with zero attached hydrogens (tertiary/aromatic N) is 5. The molecule has 1 aliphatic carbocycles. The van der Waals surface area contributed by atoms with Gasteiger partial charge in [0.05, 0.1) is 18.6 Å². The Hall–Kier alpha value is -3.14. The molecule has 0 bridgehead atoms. The van der Waals surface area contributed by atoms with Crippen LogP contribution in [0.1, 0.15) is 41.9 Å².